The van der Waals surface area contributed by atoms with Crippen molar-refractivity contribution in [3.8, 4) is 0 Å². The molecular formula is C18H28N6O2. The molecule has 1 aliphatic heterocycles. The summed E-state index contributed by atoms with van der Waals surface area (Å²) in [4.78, 5) is 30.7. The molecule has 1 aromatic rings. The van der Waals surface area contributed by atoms with Crippen molar-refractivity contribution in [2.75, 3.05) is 51.2 Å². The van der Waals surface area contributed by atoms with Gasteiger partial charge in [0, 0.05) is 45.5 Å². The number of imide groups is 1. The zero-order valence-electron chi connectivity index (χ0n) is 15.5. The molecule has 1 fully saturated rings. The highest BCUT2D eigenvalue weighted by Crippen LogP contribution is 2.12. The van der Waals surface area contributed by atoms with Gasteiger partial charge in [-0.3, -0.25) is 14.7 Å². The number of para-hydroxylation sites is 1. The van der Waals surface area contributed by atoms with E-state index in [-0.39, 0.29) is 18.5 Å². The van der Waals surface area contributed by atoms with Gasteiger partial charge >= 0.3 is 6.03 Å². The first-order chi connectivity index (χ1) is 12.7. The first-order valence-corrected chi connectivity index (χ1v) is 8.98. The van der Waals surface area contributed by atoms with E-state index in [1.807, 2.05) is 18.2 Å². The summed E-state index contributed by atoms with van der Waals surface area (Å²) in [7, 11) is 1.70. The molecule has 26 heavy (non-hydrogen) atoms. The summed E-state index contributed by atoms with van der Waals surface area (Å²) in [6.45, 7) is 5.72. The van der Waals surface area contributed by atoms with Gasteiger partial charge < -0.3 is 20.9 Å². The van der Waals surface area contributed by atoms with E-state index in [0.29, 0.717) is 19.0 Å². The Kier molecular flexibility index (Phi) is 7.73. The first kappa shape index (κ1) is 19.6. The smallest absolute Gasteiger partial charge is 0.324 e. The predicted molar refractivity (Wildman–Crippen MR) is 103 cm³/mol. The number of hydrogen-bond donors (Lipinski definition) is 3. The summed E-state index contributed by atoms with van der Waals surface area (Å²) in [5.41, 5.74) is 1.23. The number of amides is 3. The summed E-state index contributed by atoms with van der Waals surface area (Å²) in [5, 5.41) is 8.88. The van der Waals surface area contributed by atoms with E-state index in [4.69, 9.17) is 0 Å². The molecule has 1 aromatic carbocycles. The number of anilines is 1. The average molecular weight is 360 g/mol. The van der Waals surface area contributed by atoms with Crippen molar-refractivity contribution in [3.05, 3.63) is 30.3 Å². The highest BCUT2D eigenvalue weighted by Gasteiger charge is 2.27. The Balaban J connectivity index is 1.65. The Bertz CT molecular complexity index is 603. The van der Waals surface area contributed by atoms with Crippen molar-refractivity contribution < 1.29 is 9.59 Å². The number of aliphatic imine (C=N–C) groups is 1. The van der Waals surface area contributed by atoms with Crippen LogP contribution in [0.2, 0.25) is 0 Å². The Hall–Kier alpha value is -2.77. The Morgan fingerprint density at radius 3 is 2.58 bits per heavy atom. The van der Waals surface area contributed by atoms with Crippen LogP contribution >= 0.6 is 0 Å². The molecule has 142 valence electrons. The first-order valence-electron chi connectivity index (χ1n) is 8.98. The van der Waals surface area contributed by atoms with E-state index in [1.165, 1.54) is 10.6 Å². The number of benzene rings is 1. The molecule has 8 nitrogen and oxygen atoms in total. The molecule has 8 heteroatoms. The SMILES string of the molecule is CCN(CCCNC(=NC)NCCN1C(=O)CNC1=O)c1ccccc1. The van der Waals surface area contributed by atoms with Crippen molar-refractivity contribution in [1.29, 1.82) is 0 Å². The number of rotatable bonds is 9. The van der Waals surface area contributed by atoms with Crippen LogP contribution in [0, 0.1) is 0 Å². The van der Waals surface area contributed by atoms with Crippen LogP contribution in [0.5, 0.6) is 0 Å². The molecule has 2 rings (SSSR count). The third-order valence-corrected chi connectivity index (χ3v) is 4.19. The van der Waals surface area contributed by atoms with Gasteiger partial charge in [0.05, 0.1) is 6.54 Å². The summed E-state index contributed by atoms with van der Waals surface area (Å²) >= 11 is 0. The van der Waals surface area contributed by atoms with Crippen LogP contribution in [0.15, 0.2) is 35.3 Å². The number of hydrogen-bond acceptors (Lipinski definition) is 4. The van der Waals surface area contributed by atoms with Gasteiger partial charge in [-0.2, -0.15) is 0 Å². The second-order valence-corrected chi connectivity index (χ2v) is 5.90. The van der Waals surface area contributed by atoms with Gasteiger partial charge in [-0.1, -0.05) is 18.2 Å². The predicted octanol–water partition coefficient (Wildman–Crippen LogP) is 0.620. The zero-order valence-corrected chi connectivity index (χ0v) is 15.5. The monoisotopic (exact) mass is 360 g/mol. The third-order valence-electron chi connectivity index (χ3n) is 4.19. The van der Waals surface area contributed by atoms with Crippen molar-refractivity contribution in [2.24, 2.45) is 4.99 Å². The van der Waals surface area contributed by atoms with E-state index >= 15 is 0 Å². The van der Waals surface area contributed by atoms with Crippen LogP contribution in [0.25, 0.3) is 0 Å². The lowest BCUT2D eigenvalue weighted by Gasteiger charge is -2.23. The summed E-state index contributed by atoms with van der Waals surface area (Å²) < 4.78 is 0. The Morgan fingerprint density at radius 2 is 1.96 bits per heavy atom. The molecule has 3 amide bonds. The lowest BCUT2D eigenvalue weighted by molar-refractivity contribution is -0.124. The van der Waals surface area contributed by atoms with E-state index < -0.39 is 0 Å². The van der Waals surface area contributed by atoms with Crippen molar-refractivity contribution in [3.63, 3.8) is 0 Å². The molecule has 0 bridgehead atoms. The lowest BCUT2D eigenvalue weighted by Crippen LogP contribution is -2.43. The second kappa shape index (κ2) is 10.3. The molecule has 0 aliphatic carbocycles. The molecular weight excluding hydrogens is 332 g/mol. The average Bonchev–Trinajstić information content (AvgIpc) is 2.99. The summed E-state index contributed by atoms with van der Waals surface area (Å²) in [6, 6.07) is 10.0. The summed E-state index contributed by atoms with van der Waals surface area (Å²) in [6.07, 6.45) is 0.969. The minimum atomic E-state index is -0.333. The minimum Gasteiger partial charge on any atom is -0.372 e. The summed E-state index contributed by atoms with van der Waals surface area (Å²) in [5.74, 6) is 0.472. The quantitative estimate of drug-likeness (QED) is 0.260. The molecule has 0 atom stereocenters. The topological polar surface area (TPSA) is 89.1 Å². The fraction of sp³-hybridized carbons (Fsp3) is 0.500. The fourth-order valence-electron chi connectivity index (χ4n) is 2.77. The van der Waals surface area contributed by atoms with Crippen LogP contribution in [-0.4, -0.2) is 69.1 Å². The number of urea groups is 1. The van der Waals surface area contributed by atoms with E-state index in [0.717, 1.165) is 26.1 Å². The molecule has 1 aliphatic rings. The van der Waals surface area contributed by atoms with E-state index in [9.17, 15) is 9.59 Å². The number of guanidine groups is 1. The van der Waals surface area contributed by atoms with Crippen LogP contribution in [-0.2, 0) is 4.79 Å². The van der Waals surface area contributed by atoms with Crippen LogP contribution in [0.3, 0.4) is 0 Å². The molecule has 3 N–H and O–H groups in total. The van der Waals surface area contributed by atoms with Gasteiger partial charge in [0.25, 0.3) is 0 Å². The molecule has 0 radical (unpaired) electrons. The zero-order chi connectivity index (χ0) is 18.8. The largest absolute Gasteiger partial charge is 0.372 e. The standard InChI is InChI=1S/C18H28N6O2/c1-3-23(15-8-5-4-6-9-15)12-7-10-20-17(19-2)21-11-13-24-16(25)14-22-18(24)26/h4-6,8-9H,3,7,10-14H2,1-2H3,(H,22,26)(H2,19,20,21). The van der Waals surface area contributed by atoms with Gasteiger partial charge in [-0.05, 0) is 25.5 Å². The highest BCUT2D eigenvalue weighted by atomic mass is 16.2. The van der Waals surface area contributed by atoms with Gasteiger partial charge in [-0.15, -0.1) is 0 Å². The van der Waals surface area contributed by atoms with Gasteiger partial charge in [0.1, 0.15) is 0 Å². The van der Waals surface area contributed by atoms with E-state index in [1.54, 1.807) is 7.05 Å². The number of nitrogens with zero attached hydrogens (tertiary/aromatic N) is 3. The molecule has 0 aromatic heterocycles. The molecule has 0 unspecified atom stereocenters. The van der Waals surface area contributed by atoms with Crippen molar-refractivity contribution in [2.45, 2.75) is 13.3 Å². The van der Waals surface area contributed by atoms with Crippen LogP contribution < -0.4 is 20.9 Å². The van der Waals surface area contributed by atoms with Gasteiger partial charge in [0.2, 0.25) is 5.91 Å². The van der Waals surface area contributed by atoms with Crippen molar-refractivity contribution in [1.82, 2.24) is 20.9 Å². The number of nitrogens with one attached hydrogen (secondary N) is 3. The van der Waals surface area contributed by atoms with Gasteiger partial charge in [-0.25, -0.2) is 4.79 Å². The molecule has 1 heterocycles. The normalized spacial score (nSPS) is 14.4. The molecule has 1 saturated heterocycles. The van der Waals surface area contributed by atoms with Gasteiger partial charge in [0.15, 0.2) is 5.96 Å². The third kappa shape index (κ3) is 5.65. The maximum Gasteiger partial charge on any atom is 0.324 e. The number of carbonyl (C=O) groups is 2. The fourth-order valence-corrected chi connectivity index (χ4v) is 2.77. The second-order valence-electron chi connectivity index (χ2n) is 5.90. The lowest BCUT2D eigenvalue weighted by atomic mass is 10.2. The van der Waals surface area contributed by atoms with Crippen LogP contribution in [0.4, 0.5) is 10.5 Å². The van der Waals surface area contributed by atoms with Crippen LogP contribution in [0.1, 0.15) is 13.3 Å². The molecule has 0 saturated carbocycles. The Labute approximate surface area is 154 Å². The van der Waals surface area contributed by atoms with E-state index in [2.05, 4.69) is 44.9 Å². The molecule has 0 spiro atoms. The Morgan fingerprint density at radius 1 is 1.23 bits per heavy atom. The van der Waals surface area contributed by atoms with Crippen molar-refractivity contribution >= 4 is 23.6 Å². The number of carbonyl (C=O) groups excluding carboxylic acids is 2. The maximum absolute atomic E-state index is 11.5. The minimum absolute atomic E-state index is 0.0845. The maximum atomic E-state index is 11.5. The highest BCUT2D eigenvalue weighted by molar-refractivity contribution is 6.01.